The molecule has 0 radical (unpaired) electrons. The monoisotopic (exact) mass is 546 g/mol. The zero-order valence-electron chi connectivity index (χ0n) is 23.8. The van der Waals surface area contributed by atoms with E-state index in [0.29, 0.717) is 0 Å². The summed E-state index contributed by atoms with van der Waals surface area (Å²) in [4.78, 5) is 63.3. The van der Waals surface area contributed by atoms with Gasteiger partial charge in [-0.2, -0.15) is 0 Å². The molecule has 2 aromatic carbocycles. The minimum atomic E-state index is -2.09. The Morgan fingerprint density at radius 3 is 1.07 bits per heavy atom. The Labute approximate surface area is 233 Å². The molecule has 0 aromatic heterocycles. The van der Waals surface area contributed by atoms with E-state index in [1.807, 2.05) is 52.0 Å². The number of esters is 2. The number of hydrogen-bond donors (Lipinski definition) is 0. The van der Waals surface area contributed by atoms with Gasteiger partial charge in [0.05, 0.1) is 39.4 Å². The fraction of sp³-hybridized carbons (Fsp3) is 0.467. The van der Waals surface area contributed by atoms with Crippen molar-refractivity contribution in [3.05, 3.63) is 68.8 Å². The van der Waals surface area contributed by atoms with Crippen LogP contribution in [0.4, 0.5) is 9.59 Å². The number of ether oxygens (including phenoxy) is 2. The molecule has 4 aliphatic rings. The topological polar surface area (TPSA) is 99.7 Å². The van der Waals surface area contributed by atoms with E-state index in [-0.39, 0.29) is 39.4 Å². The first-order chi connectivity index (χ1) is 19.0. The van der Waals surface area contributed by atoms with Gasteiger partial charge in [0.25, 0.3) is 11.3 Å². The van der Waals surface area contributed by atoms with Crippen LogP contribution in [0.25, 0.3) is 0 Å². The quantitative estimate of drug-likeness (QED) is 0.543. The van der Waals surface area contributed by atoms with Crippen molar-refractivity contribution in [3.8, 4) is 0 Å². The van der Waals surface area contributed by atoms with Crippen LogP contribution in [-0.2, 0) is 45.2 Å². The molecule has 2 fully saturated rings. The lowest BCUT2D eigenvalue weighted by Gasteiger charge is -2.43. The van der Waals surface area contributed by atoms with Gasteiger partial charge in [-0.15, -0.1) is 0 Å². The molecule has 0 aliphatic carbocycles. The standard InChI is InChI=1S/C30H34N4O6/c1-7-39-25(35)29-30(26(36)40-8-2)33-15-23-11-19(5)20(6)12-24(23)16-34(30)28(38)32(29)14-22-10-18(4)17(3)9-21(22)13-31(29)27(33)37/h9-12H,7-8,13-16H2,1-6H3. The largest absolute Gasteiger partial charge is 0.463 e. The highest BCUT2D eigenvalue weighted by atomic mass is 16.6. The molecule has 6 rings (SSSR count). The summed E-state index contributed by atoms with van der Waals surface area (Å²) in [6, 6.07) is 6.90. The maximum absolute atomic E-state index is 14.6. The van der Waals surface area contributed by atoms with Gasteiger partial charge in [0, 0.05) is 0 Å². The van der Waals surface area contributed by atoms with Crippen LogP contribution in [0.3, 0.4) is 0 Å². The molecule has 0 atom stereocenters. The number of carbonyl (C=O) groups excluding carboxylic acids is 4. The van der Waals surface area contributed by atoms with Crippen molar-refractivity contribution in [2.45, 2.75) is 79.0 Å². The van der Waals surface area contributed by atoms with Crippen LogP contribution in [0.1, 0.15) is 58.4 Å². The minimum Gasteiger partial charge on any atom is -0.463 e. The van der Waals surface area contributed by atoms with Crippen LogP contribution < -0.4 is 0 Å². The lowest BCUT2D eigenvalue weighted by molar-refractivity contribution is -0.191. The van der Waals surface area contributed by atoms with Crippen molar-refractivity contribution in [2.75, 3.05) is 13.2 Å². The highest BCUT2D eigenvalue weighted by Gasteiger charge is 2.87. The summed E-state index contributed by atoms with van der Waals surface area (Å²) in [7, 11) is 0. The first kappa shape index (κ1) is 26.2. The Bertz CT molecular complexity index is 1310. The van der Waals surface area contributed by atoms with Gasteiger partial charge in [-0.3, -0.25) is 19.6 Å². The summed E-state index contributed by atoms with van der Waals surface area (Å²) >= 11 is 0. The molecule has 4 heterocycles. The predicted octanol–water partition coefficient (Wildman–Crippen LogP) is 3.64. The van der Waals surface area contributed by atoms with E-state index in [9.17, 15) is 19.2 Å². The zero-order valence-corrected chi connectivity index (χ0v) is 23.8. The van der Waals surface area contributed by atoms with Gasteiger partial charge >= 0.3 is 24.0 Å². The van der Waals surface area contributed by atoms with E-state index in [0.717, 1.165) is 44.5 Å². The number of fused-ring (bicyclic) bond motifs is 2. The van der Waals surface area contributed by atoms with E-state index in [4.69, 9.17) is 9.47 Å². The van der Waals surface area contributed by atoms with Gasteiger partial charge in [0.2, 0.25) is 0 Å². The lowest BCUT2D eigenvalue weighted by atomic mass is 9.90. The molecule has 210 valence electrons. The average Bonchev–Trinajstić information content (AvgIpc) is 3.08. The second-order valence-electron chi connectivity index (χ2n) is 11.1. The number of aryl methyl sites for hydroxylation is 4. The van der Waals surface area contributed by atoms with Crippen LogP contribution in [0.5, 0.6) is 0 Å². The van der Waals surface area contributed by atoms with Crippen LogP contribution in [0, 0.1) is 27.7 Å². The molecule has 4 aliphatic heterocycles. The van der Waals surface area contributed by atoms with Crippen molar-refractivity contribution < 1.29 is 28.7 Å². The van der Waals surface area contributed by atoms with E-state index >= 15 is 0 Å². The third-order valence-corrected chi connectivity index (χ3v) is 9.04. The molecule has 2 aromatic rings. The van der Waals surface area contributed by atoms with Crippen molar-refractivity contribution in [1.82, 2.24) is 19.6 Å². The SMILES string of the molecule is CCOC(=O)C12N3Cc4cc(C)c(C)cc4CN1C(=O)N1Cc4cc(C)c(C)cc4CN(C3=O)C12C(=O)OCC. The first-order valence-electron chi connectivity index (χ1n) is 13.7. The number of nitrogens with zero attached hydrogens (tertiary/aromatic N) is 4. The van der Waals surface area contributed by atoms with E-state index in [1.165, 1.54) is 19.6 Å². The Balaban J connectivity index is 1.69. The number of benzene rings is 2. The van der Waals surface area contributed by atoms with Gasteiger partial charge in [0.1, 0.15) is 0 Å². The molecular formula is C30H34N4O6. The summed E-state index contributed by atoms with van der Waals surface area (Å²) in [5, 5.41) is 0. The zero-order chi connectivity index (χ0) is 28.7. The second kappa shape index (κ2) is 8.71. The third-order valence-electron chi connectivity index (χ3n) is 9.04. The van der Waals surface area contributed by atoms with Gasteiger partial charge in [-0.05, 0) is 86.1 Å². The highest BCUT2D eigenvalue weighted by molar-refractivity contribution is 6.09. The van der Waals surface area contributed by atoms with Crippen LogP contribution in [0.15, 0.2) is 24.3 Å². The van der Waals surface area contributed by atoms with E-state index in [2.05, 4.69) is 0 Å². The number of amides is 4. The Kier molecular flexibility index (Phi) is 5.70. The van der Waals surface area contributed by atoms with Gasteiger partial charge in [-0.25, -0.2) is 19.2 Å². The first-order valence-corrected chi connectivity index (χ1v) is 13.7. The summed E-state index contributed by atoms with van der Waals surface area (Å²) in [6.07, 6.45) is 0. The summed E-state index contributed by atoms with van der Waals surface area (Å²) in [6.45, 7) is 11.4. The summed E-state index contributed by atoms with van der Waals surface area (Å²) < 4.78 is 11.3. The number of rotatable bonds is 4. The Morgan fingerprint density at radius 2 is 0.850 bits per heavy atom. The minimum absolute atomic E-state index is 0.00727. The maximum Gasteiger partial charge on any atom is 0.358 e. The molecule has 0 unspecified atom stereocenters. The molecule has 0 N–H and O–H groups in total. The van der Waals surface area contributed by atoms with Crippen LogP contribution >= 0.6 is 0 Å². The molecule has 10 nitrogen and oxygen atoms in total. The van der Waals surface area contributed by atoms with Crippen LogP contribution in [-0.4, -0.2) is 68.1 Å². The molecule has 10 heteroatoms. The van der Waals surface area contributed by atoms with E-state index < -0.39 is 35.3 Å². The molecule has 0 bridgehead atoms. The molecule has 0 spiro atoms. The molecular weight excluding hydrogens is 512 g/mol. The van der Waals surface area contributed by atoms with Crippen molar-refractivity contribution >= 4 is 24.0 Å². The number of urea groups is 2. The molecule has 2 saturated heterocycles. The maximum atomic E-state index is 14.6. The van der Waals surface area contributed by atoms with Crippen molar-refractivity contribution in [3.63, 3.8) is 0 Å². The Hall–Kier alpha value is -4.08. The van der Waals surface area contributed by atoms with E-state index in [1.54, 1.807) is 13.8 Å². The highest BCUT2D eigenvalue weighted by Crippen LogP contribution is 2.57. The van der Waals surface area contributed by atoms with Gasteiger partial charge < -0.3 is 9.47 Å². The fourth-order valence-corrected chi connectivity index (χ4v) is 6.95. The van der Waals surface area contributed by atoms with Crippen LogP contribution in [0.2, 0.25) is 0 Å². The smallest absolute Gasteiger partial charge is 0.358 e. The molecule has 0 saturated carbocycles. The lowest BCUT2D eigenvalue weighted by Crippen LogP contribution is -2.75. The number of carbonyl (C=O) groups is 4. The third kappa shape index (κ3) is 2.99. The predicted molar refractivity (Wildman–Crippen MR) is 144 cm³/mol. The average molecular weight is 547 g/mol. The van der Waals surface area contributed by atoms with Gasteiger partial charge in [-0.1, -0.05) is 24.3 Å². The number of hydrogen-bond acceptors (Lipinski definition) is 6. The molecule has 4 amide bonds. The molecule has 40 heavy (non-hydrogen) atoms. The summed E-state index contributed by atoms with van der Waals surface area (Å²) in [5.74, 6) is -1.65. The van der Waals surface area contributed by atoms with Gasteiger partial charge in [0.15, 0.2) is 0 Å². The summed E-state index contributed by atoms with van der Waals surface area (Å²) in [5.41, 5.74) is 3.21. The van der Waals surface area contributed by atoms with Crippen molar-refractivity contribution in [2.24, 2.45) is 0 Å². The second-order valence-corrected chi connectivity index (χ2v) is 11.1. The Morgan fingerprint density at radius 1 is 0.600 bits per heavy atom. The fourth-order valence-electron chi connectivity index (χ4n) is 6.95. The normalized spacial score (nSPS) is 24.4. The van der Waals surface area contributed by atoms with Crippen molar-refractivity contribution in [1.29, 1.82) is 0 Å².